The summed E-state index contributed by atoms with van der Waals surface area (Å²) in [5, 5.41) is 1.34. The summed E-state index contributed by atoms with van der Waals surface area (Å²) in [5.41, 5.74) is 18.0. The SMILES string of the molecule is C=C(N)C=N/C(=C\C)c1ccc(C2CCC2)c(Cc2cc(N)nc(C)n2)c1PC. The minimum atomic E-state index is 0.447. The Kier molecular flexibility index (Phi) is 6.81. The number of allylic oxidation sites excluding steroid dienone is 2. The lowest BCUT2D eigenvalue weighted by Gasteiger charge is -2.30. The zero-order chi connectivity index (χ0) is 21.0. The molecule has 2 aromatic rings. The van der Waals surface area contributed by atoms with E-state index >= 15 is 0 Å². The van der Waals surface area contributed by atoms with Gasteiger partial charge in [-0.15, -0.1) is 0 Å². The van der Waals surface area contributed by atoms with Gasteiger partial charge in [-0.3, -0.25) is 4.99 Å². The lowest BCUT2D eigenvalue weighted by Crippen LogP contribution is -2.20. The number of aromatic nitrogens is 2. The van der Waals surface area contributed by atoms with Crippen LogP contribution in [0.25, 0.3) is 5.70 Å². The number of benzene rings is 1. The highest BCUT2D eigenvalue weighted by Gasteiger charge is 2.25. The van der Waals surface area contributed by atoms with Crippen molar-refractivity contribution in [3.05, 3.63) is 64.8 Å². The van der Waals surface area contributed by atoms with Crippen LogP contribution in [0, 0.1) is 6.92 Å². The molecule has 1 aromatic heterocycles. The predicted octanol–water partition coefficient (Wildman–Crippen LogP) is 4.06. The molecule has 0 saturated heterocycles. The van der Waals surface area contributed by atoms with Gasteiger partial charge in [0, 0.05) is 30.0 Å². The second kappa shape index (κ2) is 9.32. The molecule has 1 aliphatic carbocycles. The van der Waals surface area contributed by atoms with Gasteiger partial charge in [0.1, 0.15) is 11.6 Å². The van der Waals surface area contributed by atoms with E-state index in [-0.39, 0.29) is 0 Å². The first-order valence-corrected chi connectivity index (χ1v) is 11.5. The summed E-state index contributed by atoms with van der Waals surface area (Å²) < 4.78 is 0. The molecule has 152 valence electrons. The lowest BCUT2D eigenvalue weighted by molar-refractivity contribution is 0.418. The lowest BCUT2D eigenvalue weighted by atomic mass is 9.77. The van der Waals surface area contributed by atoms with Crippen molar-refractivity contribution in [3.63, 3.8) is 0 Å². The van der Waals surface area contributed by atoms with Crippen molar-refractivity contribution in [2.45, 2.75) is 45.4 Å². The van der Waals surface area contributed by atoms with Crippen LogP contribution in [0.3, 0.4) is 0 Å². The summed E-state index contributed by atoms with van der Waals surface area (Å²) in [6, 6.07) is 6.39. The molecule has 0 bridgehead atoms. The molecular formula is C23H30N5P. The van der Waals surface area contributed by atoms with Crippen molar-refractivity contribution < 1.29 is 0 Å². The van der Waals surface area contributed by atoms with Crippen LogP contribution in [0.15, 0.2) is 41.5 Å². The van der Waals surface area contributed by atoms with E-state index in [1.165, 1.54) is 35.7 Å². The maximum Gasteiger partial charge on any atom is 0.127 e. The number of rotatable bonds is 7. The average molecular weight is 408 g/mol. The Morgan fingerprint density at radius 2 is 2.10 bits per heavy atom. The summed E-state index contributed by atoms with van der Waals surface area (Å²) in [6.07, 6.45) is 8.21. The number of hydrogen-bond donors (Lipinski definition) is 2. The summed E-state index contributed by atoms with van der Waals surface area (Å²) >= 11 is 0. The fraction of sp³-hybridized carbons (Fsp3) is 0.348. The van der Waals surface area contributed by atoms with Crippen LogP contribution in [0.2, 0.25) is 0 Å². The number of nitrogen functional groups attached to an aromatic ring is 1. The minimum Gasteiger partial charge on any atom is -0.398 e. The summed E-state index contributed by atoms with van der Waals surface area (Å²) in [6.45, 7) is 9.84. The van der Waals surface area contributed by atoms with Crippen molar-refractivity contribution in [2.75, 3.05) is 12.4 Å². The average Bonchev–Trinajstić information content (AvgIpc) is 2.61. The molecular weight excluding hydrogens is 377 g/mol. The quantitative estimate of drug-likeness (QED) is 0.535. The van der Waals surface area contributed by atoms with Crippen LogP contribution in [-0.4, -0.2) is 22.8 Å². The van der Waals surface area contributed by atoms with E-state index in [0.717, 1.165) is 23.4 Å². The molecule has 0 amide bonds. The van der Waals surface area contributed by atoms with Gasteiger partial charge in [0.25, 0.3) is 0 Å². The van der Waals surface area contributed by atoms with Gasteiger partial charge in [0.15, 0.2) is 0 Å². The van der Waals surface area contributed by atoms with Crippen LogP contribution < -0.4 is 16.8 Å². The van der Waals surface area contributed by atoms with E-state index in [1.54, 1.807) is 6.21 Å². The molecule has 0 radical (unpaired) electrons. The first kappa shape index (κ1) is 21.2. The van der Waals surface area contributed by atoms with Crippen molar-refractivity contribution in [2.24, 2.45) is 10.7 Å². The molecule has 1 aromatic carbocycles. The number of nitrogens with two attached hydrogens (primary N) is 2. The minimum absolute atomic E-state index is 0.447. The molecule has 1 aliphatic rings. The number of aryl methyl sites for hydroxylation is 1. The molecule has 1 saturated carbocycles. The molecule has 1 atom stereocenters. The first-order chi connectivity index (χ1) is 13.9. The van der Waals surface area contributed by atoms with Gasteiger partial charge in [0.2, 0.25) is 0 Å². The van der Waals surface area contributed by atoms with Gasteiger partial charge in [-0.25, -0.2) is 9.97 Å². The maximum atomic E-state index is 5.99. The number of hydrogen-bond acceptors (Lipinski definition) is 5. The molecule has 0 aliphatic heterocycles. The number of anilines is 1. The number of aliphatic imine (C=N–C) groups is 1. The second-order valence-corrected chi connectivity index (χ2v) is 8.45. The third-order valence-electron chi connectivity index (χ3n) is 5.33. The Morgan fingerprint density at radius 3 is 2.66 bits per heavy atom. The smallest absolute Gasteiger partial charge is 0.127 e. The zero-order valence-corrected chi connectivity index (χ0v) is 18.5. The van der Waals surface area contributed by atoms with Crippen molar-refractivity contribution in [3.8, 4) is 0 Å². The Balaban J connectivity index is 2.13. The third kappa shape index (κ3) is 4.91. The van der Waals surface area contributed by atoms with E-state index in [9.17, 15) is 0 Å². The van der Waals surface area contributed by atoms with Crippen molar-refractivity contribution in [1.82, 2.24) is 9.97 Å². The Hall–Kier alpha value is -2.52. The summed E-state index contributed by atoms with van der Waals surface area (Å²) in [7, 11) is 0.640. The van der Waals surface area contributed by atoms with Crippen LogP contribution in [-0.2, 0) is 6.42 Å². The van der Waals surface area contributed by atoms with Gasteiger partial charge < -0.3 is 11.5 Å². The maximum absolute atomic E-state index is 5.99. The van der Waals surface area contributed by atoms with Gasteiger partial charge >= 0.3 is 0 Å². The normalized spacial score (nSPS) is 15.3. The van der Waals surface area contributed by atoms with Gasteiger partial charge in [0.05, 0.1) is 11.4 Å². The van der Waals surface area contributed by atoms with Crippen molar-refractivity contribution >= 4 is 31.6 Å². The van der Waals surface area contributed by atoms with Crippen LogP contribution in [0.4, 0.5) is 5.82 Å². The molecule has 4 N–H and O–H groups in total. The van der Waals surface area contributed by atoms with Gasteiger partial charge in [-0.2, -0.15) is 0 Å². The van der Waals surface area contributed by atoms with E-state index in [0.29, 0.717) is 31.8 Å². The highest BCUT2D eigenvalue weighted by atomic mass is 31.1. The zero-order valence-electron chi connectivity index (χ0n) is 17.5. The molecule has 1 heterocycles. The molecule has 5 nitrogen and oxygen atoms in total. The molecule has 1 unspecified atom stereocenters. The van der Waals surface area contributed by atoms with E-state index in [4.69, 9.17) is 11.5 Å². The Bertz CT molecular complexity index is 953. The topological polar surface area (TPSA) is 90.2 Å². The summed E-state index contributed by atoms with van der Waals surface area (Å²) in [4.78, 5) is 13.4. The van der Waals surface area contributed by atoms with E-state index in [1.807, 2.05) is 26.0 Å². The Morgan fingerprint density at radius 1 is 1.34 bits per heavy atom. The predicted molar refractivity (Wildman–Crippen MR) is 126 cm³/mol. The van der Waals surface area contributed by atoms with Crippen LogP contribution in [0.1, 0.15) is 60.3 Å². The Labute approximate surface area is 175 Å². The second-order valence-electron chi connectivity index (χ2n) is 7.45. The first-order valence-electron chi connectivity index (χ1n) is 10.0. The molecule has 1 fully saturated rings. The standard InChI is InChI=1S/C23H30N5P/c1-5-21(26-13-14(2)24)19-10-9-18(16-7-6-8-16)20(23(19)29-4)11-17-12-22(25)28-15(3)27-17/h5,9-10,12-13,16,29H,2,6-8,11,24H2,1,3-4H3,(H2,25,27,28)/b21-5-,26-13?. The number of nitrogens with zero attached hydrogens (tertiary/aromatic N) is 3. The van der Waals surface area contributed by atoms with Gasteiger partial charge in [-0.05, 0) is 55.7 Å². The van der Waals surface area contributed by atoms with Crippen molar-refractivity contribution in [1.29, 1.82) is 0 Å². The molecule has 29 heavy (non-hydrogen) atoms. The largest absolute Gasteiger partial charge is 0.398 e. The van der Waals surface area contributed by atoms with Crippen LogP contribution in [0.5, 0.6) is 0 Å². The van der Waals surface area contributed by atoms with E-state index < -0.39 is 0 Å². The fourth-order valence-electron chi connectivity index (χ4n) is 3.83. The molecule has 6 heteroatoms. The third-order valence-corrected chi connectivity index (χ3v) is 6.40. The molecule has 3 rings (SSSR count). The monoisotopic (exact) mass is 407 g/mol. The highest BCUT2D eigenvalue weighted by molar-refractivity contribution is 7.46. The van der Waals surface area contributed by atoms with Crippen LogP contribution >= 0.6 is 8.58 Å². The fourth-order valence-corrected chi connectivity index (χ4v) is 4.85. The molecule has 0 spiro atoms. The summed E-state index contributed by atoms with van der Waals surface area (Å²) in [5.74, 6) is 1.87. The highest BCUT2D eigenvalue weighted by Crippen LogP contribution is 2.40. The van der Waals surface area contributed by atoms with E-state index in [2.05, 4.69) is 40.3 Å². The van der Waals surface area contributed by atoms with Gasteiger partial charge in [-0.1, -0.05) is 39.8 Å².